The first kappa shape index (κ1) is 36.9. The molecule has 0 aromatic heterocycles. The molecule has 14 rings (SSSR count). The third-order valence-electron chi connectivity index (χ3n) is 14.4. The highest BCUT2D eigenvalue weighted by Gasteiger charge is 2.34. The molecule has 0 aliphatic heterocycles. The second-order valence-electron chi connectivity index (χ2n) is 17.7. The second-order valence-corrected chi connectivity index (χ2v) is 17.7. The van der Waals surface area contributed by atoms with Gasteiger partial charge in [0.1, 0.15) is 0 Å². The van der Waals surface area contributed by atoms with Crippen molar-refractivity contribution in [1.29, 1.82) is 0 Å². The Hall–Kier alpha value is -8.58. The fourth-order valence-corrected chi connectivity index (χ4v) is 11.7. The van der Waals surface area contributed by atoms with Crippen molar-refractivity contribution in [3.63, 3.8) is 0 Å². The van der Waals surface area contributed by atoms with Crippen LogP contribution in [0.4, 0.5) is 0 Å². The van der Waals surface area contributed by atoms with E-state index in [9.17, 15) is 0 Å². The molecule has 1 aliphatic rings. The van der Waals surface area contributed by atoms with Crippen molar-refractivity contribution in [2.45, 2.75) is 0 Å². The quantitative estimate of drug-likeness (QED) is 0.116. The molecule has 0 spiro atoms. The average molecular weight is 833 g/mol. The van der Waals surface area contributed by atoms with Gasteiger partial charge in [0.25, 0.3) is 0 Å². The Morgan fingerprint density at radius 2 is 0.530 bits per heavy atom. The van der Waals surface area contributed by atoms with Crippen molar-refractivity contribution >= 4 is 53.9 Å². The van der Waals surface area contributed by atoms with Crippen LogP contribution >= 0.6 is 0 Å². The maximum absolute atomic E-state index is 2.45. The maximum atomic E-state index is 2.45. The van der Waals surface area contributed by atoms with Crippen molar-refractivity contribution in [2.24, 2.45) is 0 Å². The first-order valence-electron chi connectivity index (χ1n) is 23.0. The standard InChI is InChI=1S/C66H40/c1-6-19-41(20-7-1)46-29-16-17-30-50(46)51-36-40-55-59-52(51)31-18-32-53(59)54-37-33-49(44-25-12-4-13-26-44)62-58(45-27-14-5-15-28-45)64-56-38-34-47(42-21-8-2-9-22-42)60-48(43-23-10-3-11-24-43)35-39-57(61(56)60)66(64)65(55)63(54)62/h1-40H. The Kier molecular flexibility index (Phi) is 8.08. The van der Waals surface area contributed by atoms with Crippen LogP contribution in [0, 0.1) is 0 Å². The average Bonchev–Trinajstić information content (AvgIpc) is 3.73. The summed E-state index contributed by atoms with van der Waals surface area (Å²) in [7, 11) is 0. The van der Waals surface area contributed by atoms with Gasteiger partial charge >= 0.3 is 0 Å². The molecule has 0 radical (unpaired) electrons. The lowest BCUT2D eigenvalue weighted by Crippen LogP contribution is -1.97. The Morgan fingerprint density at radius 3 is 1.12 bits per heavy atom. The van der Waals surface area contributed by atoms with Gasteiger partial charge in [-0.2, -0.15) is 0 Å². The van der Waals surface area contributed by atoms with Gasteiger partial charge in [0.05, 0.1) is 0 Å². The molecule has 0 saturated heterocycles. The summed E-state index contributed by atoms with van der Waals surface area (Å²) in [6.07, 6.45) is 0. The molecule has 0 nitrogen and oxygen atoms in total. The zero-order valence-electron chi connectivity index (χ0n) is 36.1. The maximum Gasteiger partial charge on any atom is -0.000695 e. The van der Waals surface area contributed by atoms with E-state index >= 15 is 0 Å². The highest BCUT2D eigenvalue weighted by molar-refractivity contribution is 6.43. The first-order valence-corrected chi connectivity index (χ1v) is 23.0. The van der Waals surface area contributed by atoms with E-state index < -0.39 is 0 Å². The van der Waals surface area contributed by atoms with Crippen LogP contribution in [-0.4, -0.2) is 0 Å². The fraction of sp³-hybridized carbons (Fsp3) is 0. The molecule has 0 atom stereocenters. The molecule has 0 saturated carbocycles. The van der Waals surface area contributed by atoms with Gasteiger partial charge in [0.2, 0.25) is 0 Å². The first-order chi connectivity index (χ1) is 32.8. The number of fused-ring (bicyclic) bond motifs is 6. The summed E-state index contributed by atoms with van der Waals surface area (Å²) in [6.45, 7) is 0. The summed E-state index contributed by atoms with van der Waals surface area (Å²) in [5.74, 6) is 0. The van der Waals surface area contributed by atoms with Crippen molar-refractivity contribution < 1.29 is 0 Å². The molecule has 0 unspecified atom stereocenters. The monoisotopic (exact) mass is 832 g/mol. The Morgan fingerprint density at radius 1 is 0.136 bits per heavy atom. The smallest absolute Gasteiger partial charge is 0.000695 e. The third-order valence-corrected chi connectivity index (χ3v) is 14.4. The molecule has 66 heavy (non-hydrogen) atoms. The van der Waals surface area contributed by atoms with Gasteiger partial charge in [0, 0.05) is 0 Å². The lowest BCUT2D eigenvalue weighted by Gasteiger charge is -2.24. The summed E-state index contributed by atoms with van der Waals surface area (Å²) in [5, 5.41) is 13.0. The van der Waals surface area contributed by atoms with Gasteiger partial charge in [-0.25, -0.2) is 0 Å². The number of rotatable bonds is 6. The van der Waals surface area contributed by atoms with Gasteiger partial charge in [-0.15, -0.1) is 0 Å². The fourth-order valence-electron chi connectivity index (χ4n) is 11.7. The van der Waals surface area contributed by atoms with Crippen molar-refractivity contribution in [1.82, 2.24) is 0 Å². The molecule has 0 N–H and O–H groups in total. The van der Waals surface area contributed by atoms with E-state index in [-0.39, 0.29) is 0 Å². The zero-order valence-corrected chi connectivity index (χ0v) is 36.1. The van der Waals surface area contributed by atoms with Gasteiger partial charge < -0.3 is 0 Å². The second kappa shape index (κ2) is 14.5. The topological polar surface area (TPSA) is 0 Å². The van der Waals surface area contributed by atoms with E-state index in [2.05, 4.69) is 243 Å². The van der Waals surface area contributed by atoms with Crippen LogP contribution in [0.25, 0.3) is 143 Å². The van der Waals surface area contributed by atoms with E-state index in [1.165, 1.54) is 143 Å². The summed E-state index contributed by atoms with van der Waals surface area (Å²) in [5.41, 5.74) is 20.1. The predicted molar refractivity (Wildman–Crippen MR) is 282 cm³/mol. The highest BCUT2D eigenvalue weighted by Crippen LogP contribution is 2.61. The number of hydrogen-bond acceptors (Lipinski definition) is 0. The van der Waals surface area contributed by atoms with Crippen LogP contribution in [0.3, 0.4) is 0 Å². The van der Waals surface area contributed by atoms with Crippen LogP contribution in [0.15, 0.2) is 243 Å². The zero-order chi connectivity index (χ0) is 43.3. The molecule has 0 amide bonds. The molecule has 0 heterocycles. The lowest BCUT2D eigenvalue weighted by molar-refractivity contribution is 1.60. The van der Waals surface area contributed by atoms with Crippen molar-refractivity contribution in [2.75, 3.05) is 0 Å². The van der Waals surface area contributed by atoms with E-state index in [0.717, 1.165) is 0 Å². The van der Waals surface area contributed by atoms with Crippen LogP contribution in [0.1, 0.15) is 0 Å². The Balaban J connectivity index is 1.21. The van der Waals surface area contributed by atoms with Crippen molar-refractivity contribution in [3.8, 4) is 89.0 Å². The van der Waals surface area contributed by atoms with Crippen LogP contribution < -0.4 is 0 Å². The Labute approximate surface area is 383 Å². The van der Waals surface area contributed by atoms with E-state index in [0.29, 0.717) is 0 Å². The molecule has 13 aromatic rings. The van der Waals surface area contributed by atoms with Crippen LogP contribution in [0.5, 0.6) is 0 Å². The minimum absolute atomic E-state index is 1.22. The molecule has 0 bridgehead atoms. The molecule has 0 fully saturated rings. The van der Waals surface area contributed by atoms with Gasteiger partial charge in [-0.3, -0.25) is 0 Å². The molecular weight excluding hydrogens is 793 g/mol. The minimum atomic E-state index is 1.22. The summed E-state index contributed by atoms with van der Waals surface area (Å²) in [6, 6.07) is 90.2. The van der Waals surface area contributed by atoms with E-state index in [1.807, 2.05) is 0 Å². The number of benzene rings is 13. The van der Waals surface area contributed by atoms with Gasteiger partial charge in [0.15, 0.2) is 0 Å². The molecular formula is C66H40. The lowest BCUT2D eigenvalue weighted by atomic mass is 9.78. The van der Waals surface area contributed by atoms with E-state index in [4.69, 9.17) is 0 Å². The predicted octanol–water partition coefficient (Wildman–Crippen LogP) is 18.5. The SMILES string of the molecule is c1ccc(-c2ccccc2-c2ccc3c4c5c(c(-c6ccccc6)c6c(-c7ccccc7)ccc(c7cccc2c73)c64)-c2ccc(-c3ccccc3)c3c(-c4ccccc4)ccc-5c23)cc1. The largest absolute Gasteiger partial charge is 0.0622 e. The Bertz CT molecular complexity index is 3990. The van der Waals surface area contributed by atoms with Gasteiger partial charge in [-0.05, 0) is 143 Å². The third kappa shape index (κ3) is 5.27. The van der Waals surface area contributed by atoms with E-state index in [1.54, 1.807) is 0 Å². The molecule has 13 aromatic carbocycles. The highest BCUT2D eigenvalue weighted by atomic mass is 14.4. The normalized spacial score (nSPS) is 11.9. The molecule has 1 aliphatic carbocycles. The van der Waals surface area contributed by atoms with Crippen LogP contribution in [0.2, 0.25) is 0 Å². The summed E-state index contributed by atoms with van der Waals surface area (Å²) < 4.78 is 0. The van der Waals surface area contributed by atoms with Gasteiger partial charge in [-0.1, -0.05) is 243 Å². The molecule has 304 valence electrons. The summed E-state index contributed by atoms with van der Waals surface area (Å²) >= 11 is 0. The molecule has 0 heteroatoms. The minimum Gasteiger partial charge on any atom is -0.0622 e. The van der Waals surface area contributed by atoms with Crippen molar-refractivity contribution in [3.05, 3.63) is 243 Å². The summed E-state index contributed by atoms with van der Waals surface area (Å²) in [4.78, 5) is 0. The number of hydrogen-bond donors (Lipinski definition) is 0. The van der Waals surface area contributed by atoms with Crippen LogP contribution in [-0.2, 0) is 0 Å².